The number of rotatable bonds is 1. The molecule has 0 fully saturated rings. The third-order valence-corrected chi connectivity index (χ3v) is 2.23. The number of hydrogen-bond donors (Lipinski definition) is 0. The van der Waals surface area contributed by atoms with E-state index in [1.807, 2.05) is 26.2 Å². The van der Waals surface area contributed by atoms with E-state index in [9.17, 15) is 0 Å². The molecule has 0 saturated heterocycles. The molecule has 0 amide bonds. The Hall–Kier alpha value is -1.31. The largest absolute Gasteiger partial charge is 0.345 e. The molecule has 2 heterocycles. The third kappa shape index (κ3) is 1.79. The molecule has 0 unspecified atom stereocenters. The van der Waals surface area contributed by atoms with Gasteiger partial charge in [-0.05, 0) is 26.0 Å². The van der Waals surface area contributed by atoms with Crippen LogP contribution in [0.1, 0.15) is 26.5 Å². The Morgan fingerprint density at radius 1 is 1.36 bits per heavy atom. The van der Waals surface area contributed by atoms with Crippen LogP contribution in [-0.2, 0) is 6.54 Å². The molecule has 0 saturated carbocycles. The summed E-state index contributed by atoms with van der Waals surface area (Å²) in [6, 6.07) is 4.23. The van der Waals surface area contributed by atoms with E-state index in [0.717, 1.165) is 6.54 Å². The highest BCUT2D eigenvalue weighted by Gasteiger charge is 2.01. The fraction of sp³-hybridized carbons (Fsp3) is 0.417. The van der Waals surface area contributed by atoms with Gasteiger partial charge in [0.2, 0.25) is 0 Å². The van der Waals surface area contributed by atoms with Crippen molar-refractivity contribution in [2.75, 3.05) is 0 Å². The summed E-state index contributed by atoms with van der Waals surface area (Å²) in [5.74, 6) is 0. The summed E-state index contributed by atoms with van der Waals surface area (Å²) in [6.45, 7) is 9.32. The van der Waals surface area contributed by atoms with E-state index in [4.69, 9.17) is 0 Å². The van der Waals surface area contributed by atoms with Crippen molar-refractivity contribution in [2.45, 2.75) is 34.2 Å². The summed E-state index contributed by atoms with van der Waals surface area (Å²) in [5, 5.41) is 1.23. The number of pyridine rings is 1. The minimum atomic E-state index is 1.03. The molecule has 0 radical (unpaired) electrons. The molecule has 76 valence electrons. The van der Waals surface area contributed by atoms with Crippen molar-refractivity contribution in [3.63, 3.8) is 0 Å². The van der Waals surface area contributed by atoms with Crippen LogP contribution >= 0.6 is 0 Å². The molecule has 0 aromatic carbocycles. The lowest BCUT2D eigenvalue weighted by atomic mass is 10.3. The summed E-state index contributed by atoms with van der Waals surface area (Å²) >= 11 is 0. The first-order chi connectivity index (χ1) is 6.83. The molecule has 2 heteroatoms. The van der Waals surface area contributed by atoms with E-state index < -0.39 is 0 Å². The van der Waals surface area contributed by atoms with E-state index in [1.165, 1.54) is 16.6 Å². The first-order valence-electron chi connectivity index (χ1n) is 5.22. The zero-order valence-corrected chi connectivity index (χ0v) is 9.41. The van der Waals surface area contributed by atoms with Crippen LogP contribution in [0.25, 0.3) is 10.9 Å². The summed E-state index contributed by atoms with van der Waals surface area (Å²) < 4.78 is 2.29. The SMILES string of the molecule is CC.CCn1c(C)cc2cnccc21. The van der Waals surface area contributed by atoms with Gasteiger partial charge in [-0.25, -0.2) is 0 Å². The highest BCUT2D eigenvalue weighted by atomic mass is 15.0. The van der Waals surface area contributed by atoms with Gasteiger partial charge in [-0.3, -0.25) is 4.98 Å². The minimum Gasteiger partial charge on any atom is -0.345 e. The molecular weight excluding hydrogens is 172 g/mol. The van der Waals surface area contributed by atoms with Gasteiger partial charge < -0.3 is 4.57 Å². The summed E-state index contributed by atoms with van der Waals surface area (Å²) in [4.78, 5) is 4.09. The molecule has 2 rings (SSSR count). The van der Waals surface area contributed by atoms with Gasteiger partial charge in [0, 0.05) is 30.0 Å². The normalized spacial score (nSPS) is 9.71. The van der Waals surface area contributed by atoms with Crippen molar-refractivity contribution in [2.24, 2.45) is 0 Å². The predicted molar refractivity (Wildman–Crippen MR) is 61.5 cm³/mol. The molecule has 0 aliphatic rings. The molecule has 0 spiro atoms. The van der Waals surface area contributed by atoms with Crippen LogP contribution in [0.4, 0.5) is 0 Å². The second-order valence-corrected chi connectivity index (χ2v) is 2.96. The summed E-state index contributed by atoms with van der Waals surface area (Å²) in [7, 11) is 0. The van der Waals surface area contributed by atoms with Crippen LogP contribution in [0.3, 0.4) is 0 Å². The molecule has 0 aliphatic carbocycles. The minimum absolute atomic E-state index is 1.03. The number of nitrogens with zero attached hydrogens (tertiary/aromatic N) is 2. The number of aryl methyl sites for hydroxylation is 2. The highest BCUT2D eigenvalue weighted by molar-refractivity contribution is 5.80. The van der Waals surface area contributed by atoms with Crippen LogP contribution in [-0.4, -0.2) is 9.55 Å². The van der Waals surface area contributed by atoms with Gasteiger partial charge in [-0.2, -0.15) is 0 Å². The van der Waals surface area contributed by atoms with E-state index in [-0.39, 0.29) is 0 Å². The molecule has 2 aromatic heterocycles. The Balaban J connectivity index is 0.000000461. The summed E-state index contributed by atoms with van der Waals surface area (Å²) in [5.41, 5.74) is 2.59. The van der Waals surface area contributed by atoms with Gasteiger partial charge in [-0.15, -0.1) is 0 Å². The van der Waals surface area contributed by atoms with Gasteiger partial charge in [0.25, 0.3) is 0 Å². The summed E-state index contributed by atoms with van der Waals surface area (Å²) in [6.07, 6.45) is 3.75. The number of aromatic nitrogens is 2. The second kappa shape index (κ2) is 4.80. The van der Waals surface area contributed by atoms with Gasteiger partial charge >= 0.3 is 0 Å². The third-order valence-electron chi connectivity index (χ3n) is 2.23. The average molecular weight is 190 g/mol. The van der Waals surface area contributed by atoms with E-state index in [2.05, 4.69) is 35.5 Å². The van der Waals surface area contributed by atoms with Crippen molar-refractivity contribution >= 4 is 10.9 Å². The molecule has 2 nitrogen and oxygen atoms in total. The zero-order valence-electron chi connectivity index (χ0n) is 9.41. The average Bonchev–Trinajstić information content (AvgIpc) is 2.56. The van der Waals surface area contributed by atoms with Crippen molar-refractivity contribution in [1.82, 2.24) is 9.55 Å². The molecule has 2 aromatic rings. The first kappa shape index (κ1) is 10.8. The smallest absolute Gasteiger partial charge is 0.0513 e. The van der Waals surface area contributed by atoms with Crippen LogP contribution in [0.2, 0.25) is 0 Å². The van der Waals surface area contributed by atoms with Crippen LogP contribution in [0, 0.1) is 6.92 Å². The van der Waals surface area contributed by atoms with Crippen molar-refractivity contribution in [1.29, 1.82) is 0 Å². The molecule has 14 heavy (non-hydrogen) atoms. The maximum atomic E-state index is 4.09. The van der Waals surface area contributed by atoms with Crippen LogP contribution in [0.15, 0.2) is 24.5 Å². The molecule has 0 bridgehead atoms. The Morgan fingerprint density at radius 3 is 2.71 bits per heavy atom. The first-order valence-corrected chi connectivity index (χ1v) is 5.22. The van der Waals surface area contributed by atoms with Crippen LogP contribution in [0.5, 0.6) is 0 Å². The lowest BCUT2D eigenvalue weighted by Gasteiger charge is -2.02. The lowest BCUT2D eigenvalue weighted by Crippen LogP contribution is -1.95. The van der Waals surface area contributed by atoms with Crippen LogP contribution < -0.4 is 0 Å². The Labute approximate surface area is 85.6 Å². The Morgan fingerprint density at radius 2 is 2.07 bits per heavy atom. The Bertz CT molecular complexity index is 402. The molecule has 0 N–H and O–H groups in total. The topological polar surface area (TPSA) is 17.8 Å². The molecular formula is C12H18N2. The van der Waals surface area contributed by atoms with Crippen molar-refractivity contribution in [3.8, 4) is 0 Å². The maximum absolute atomic E-state index is 4.09. The zero-order chi connectivity index (χ0) is 10.6. The fourth-order valence-electron chi connectivity index (χ4n) is 1.67. The predicted octanol–water partition coefficient (Wildman–Crippen LogP) is 3.39. The van der Waals surface area contributed by atoms with E-state index in [1.54, 1.807) is 0 Å². The lowest BCUT2D eigenvalue weighted by molar-refractivity contribution is 0.769. The maximum Gasteiger partial charge on any atom is 0.0513 e. The highest BCUT2D eigenvalue weighted by Crippen LogP contribution is 2.17. The second-order valence-electron chi connectivity index (χ2n) is 2.96. The van der Waals surface area contributed by atoms with Gasteiger partial charge in [0.05, 0.1) is 5.52 Å². The Kier molecular flexibility index (Phi) is 3.69. The fourth-order valence-corrected chi connectivity index (χ4v) is 1.67. The van der Waals surface area contributed by atoms with E-state index in [0.29, 0.717) is 0 Å². The van der Waals surface area contributed by atoms with Gasteiger partial charge in [0.1, 0.15) is 0 Å². The van der Waals surface area contributed by atoms with Gasteiger partial charge in [-0.1, -0.05) is 13.8 Å². The number of fused-ring (bicyclic) bond motifs is 1. The quantitative estimate of drug-likeness (QED) is 0.674. The molecule has 0 aliphatic heterocycles. The van der Waals surface area contributed by atoms with Crippen molar-refractivity contribution < 1.29 is 0 Å². The monoisotopic (exact) mass is 190 g/mol. The van der Waals surface area contributed by atoms with Crippen molar-refractivity contribution in [3.05, 3.63) is 30.2 Å². The van der Waals surface area contributed by atoms with Gasteiger partial charge in [0.15, 0.2) is 0 Å². The molecule has 0 atom stereocenters. The number of hydrogen-bond acceptors (Lipinski definition) is 1. The van der Waals surface area contributed by atoms with E-state index >= 15 is 0 Å². The standard InChI is InChI=1S/C10H12N2.C2H6/c1-3-12-8(2)6-9-7-11-5-4-10(9)12;1-2/h4-7H,3H2,1-2H3;1-2H3.